The number of likely N-dealkylation sites (N-methyl/N-ethyl adjacent to an activating group) is 1. The third-order valence-electron chi connectivity index (χ3n) is 2.57. The summed E-state index contributed by atoms with van der Waals surface area (Å²) in [5.74, 6) is -0.321. The molecule has 1 rings (SSSR count). The van der Waals surface area contributed by atoms with Gasteiger partial charge in [0, 0.05) is 18.6 Å². The lowest BCUT2D eigenvalue weighted by Crippen LogP contribution is -2.38. The summed E-state index contributed by atoms with van der Waals surface area (Å²) in [6, 6.07) is 4.07. The van der Waals surface area contributed by atoms with E-state index in [0.717, 1.165) is 0 Å². The monoisotopic (exact) mass is 305 g/mol. The van der Waals surface area contributed by atoms with E-state index in [9.17, 15) is 13.2 Å². The molecule has 0 aliphatic carbocycles. The van der Waals surface area contributed by atoms with Gasteiger partial charge in [0.15, 0.2) is 0 Å². The van der Waals surface area contributed by atoms with Gasteiger partial charge in [-0.2, -0.15) is 0 Å². The van der Waals surface area contributed by atoms with Crippen molar-refractivity contribution >= 4 is 33.2 Å². The van der Waals surface area contributed by atoms with Gasteiger partial charge in [-0.25, -0.2) is 13.1 Å². The number of carbonyl (C=O) groups is 1. The van der Waals surface area contributed by atoms with Gasteiger partial charge in [-0.3, -0.25) is 4.79 Å². The molecule has 0 unspecified atom stereocenters. The number of halogens is 1. The van der Waals surface area contributed by atoms with Crippen LogP contribution in [0.2, 0.25) is 5.02 Å². The smallest absolute Gasteiger partial charge is 0.243 e. The molecule has 1 aromatic rings. The molecular weight excluding hydrogens is 290 g/mol. The molecule has 0 aromatic heterocycles. The van der Waals surface area contributed by atoms with Crippen molar-refractivity contribution in [2.75, 3.05) is 25.9 Å². The van der Waals surface area contributed by atoms with Crippen LogP contribution in [0.25, 0.3) is 0 Å². The first-order valence-corrected chi connectivity index (χ1v) is 7.42. The van der Waals surface area contributed by atoms with Gasteiger partial charge in [-0.15, -0.1) is 0 Å². The van der Waals surface area contributed by atoms with Gasteiger partial charge in [-0.05, 0) is 25.1 Å². The second kappa shape index (κ2) is 6.23. The number of benzene rings is 1. The van der Waals surface area contributed by atoms with Crippen molar-refractivity contribution in [3.8, 4) is 0 Å². The molecule has 1 aromatic carbocycles. The second-order valence-corrected chi connectivity index (χ2v) is 6.09. The van der Waals surface area contributed by atoms with Crippen molar-refractivity contribution in [2.24, 2.45) is 0 Å². The average Bonchev–Trinajstić information content (AvgIpc) is 2.34. The van der Waals surface area contributed by atoms with E-state index >= 15 is 0 Å². The van der Waals surface area contributed by atoms with Crippen LogP contribution in [0, 0.1) is 0 Å². The van der Waals surface area contributed by atoms with Crippen LogP contribution in [0.15, 0.2) is 23.1 Å². The number of nitrogens with one attached hydrogen (secondary N) is 1. The van der Waals surface area contributed by atoms with E-state index in [2.05, 4.69) is 4.72 Å². The lowest BCUT2D eigenvalue weighted by molar-refractivity contribution is -0.128. The lowest BCUT2D eigenvalue weighted by Gasteiger charge is -2.15. The molecule has 0 fully saturated rings. The van der Waals surface area contributed by atoms with Gasteiger partial charge >= 0.3 is 0 Å². The number of amides is 1. The number of hydrogen-bond acceptors (Lipinski definition) is 4. The largest absolute Gasteiger partial charge is 0.398 e. The topological polar surface area (TPSA) is 92.5 Å². The molecule has 19 heavy (non-hydrogen) atoms. The summed E-state index contributed by atoms with van der Waals surface area (Å²) in [6.07, 6.45) is 0. The molecule has 0 aliphatic heterocycles. The fraction of sp³-hybridized carbons (Fsp3) is 0.364. The number of nitrogens with two attached hydrogens (primary N) is 1. The molecule has 0 radical (unpaired) electrons. The summed E-state index contributed by atoms with van der Waals surface area (Å²) in [5.41, 5.74) is 5.64. The highest BCUT2D eigenvalue weighted by atomic mass is 35.5. The fourth-order valence-corrected chi connectivity index (χ4v) is 2.58. The average molecular weight is 306 g/mol. The Bertz CT molecular complexity index is 575. The number of sulfonamides is 1. The summed E-state index contributed by atoms with van der Waals surface area (Å²) < 4.78 is 26.2. The van der Waals surface area contributed by atoms with Gasteiger partial charge in [-0.1, -0.05) is 11.6 Å². The highest BCUT2D eigenvalue weighted by Gasteiger charge is 2.19. The third-order valence-corrected chi connectivity index (χ3v) is 4.29. The van der Waals surface area contributed by atoms with Crippen LogP contribution >= 0.6 is 11.6 Å². The fourth-order valence-electron chi connectivity index (χ4n) is 1.31. The summed E-state index contributed by atoms with van der Waals surface area (Å²) in [5, 5.41) is 0.346. The Labute approximate surface area is 117 Å². The first-order valence-electron chi connectivity index (χ1n) is 5.56. The van der Waals surface area contributed by atoms with Crippen molar-refractivity contribution in [2.45, 2.75) is 11.8 Å². The zero-order valence-corrected chi connectivity index (χ0v) is 12.3. The summed E-state index contributed by atoms with van der Waals surface area (Å²) in [6.45, 7) is 1.99. The Balaban J connectivity index is 2.85. The van der Waals surface area contributed by atoms with E-state index in [4.69, 9.17) is 17.3 Å². The SMILES string of the molecule is CCN(C)C(=O)CNS(=O)(=O)c1ccc(Cl)cc1N. The molecule has 106 valence electrons. The van der Waals surface area contributed by atoms with Gasteiger partial charge in [0.2, 0.25) is 15.9 Å². The van der Waals surface area contributed by atoms with Crippen molar-refractivity contribution in [3.63, 3.8) is 0 Å². The predicted octanol–water partition coefficient (Wildman–Crippen LogP) is 0.679. The Morgan fingerprint density at radius 3 is 2.63 bits per heavy atom. The number of nitrogens with zero attached hydrogens (tertiary/aromatic N) is 1. The van der Waals surface area contributed by atoms with Crippen molar-refractivity contribution in [1.29, 1.82) is 0 Å². The quantitative estimate of drug-likeness (QED) is 0.782. The molecule has 0 aliphatic rings. The zero-order chi connectivity index (χ0) is 14.6. The summed E-state index contributed by atoms with van der Waals surface area (Å²) in [4.78, 5) is 12.9. The van der Waals surface area contributed by atoms with Gasteiger partial charge in [0.25, 0.3) is 0 Å². The van der Waals surface area contributed by atoms with Crippen molar-refractivity contribution in [1.82, 2.24) is 9.62 Å². The molecule has 0 spiro atoms. The van der Waals surface area contributed by atoms with Crippen LogP contribution < -0.4 is 10.5 Å². The number of carbonyl (C=O) groups excluding carboxylic acids is 1. The van der Waals surface area contributed by atoms with Crippen LogP contribution in [0.5, 0.6) is 0 Å². The Kier molecular flexibility index (Phi) is 5.16. The molecule has 8 heteroatoms. The molecule has 0 saturated carbocycles. The number of anilines is 1. The van der Waals surface area contributed by atoms with Gasteiger partial charge < -0.3 is 10.6 Å². The Morgan fingerprint density at radius 1 is 1.47 bits per heavy atom. The lowest BCUT2D eigenvalue weighted by atomic mass is 10.3. The van der Waals surface area contributed by atoms with Crippen LogP contribution in [0.3, 0.4) is 0 Å². The first-order chi connectivity index (χ1) is 8.77. The Hall–Kier alpha value is -1.31. The molecule has 0 atom stereocenters. The maximum Gasteiger partial charge on any atom is 0.243 e. The molecule has 0 saturated heterocycles. The van der Waals surface area contributed by atoms with Crippen molar-refractivity contribution in [3.05, 3.63) is 23.2 Å². The maximum atomic E-state index is 12.0. The maximum absolute atomic E-state index is 12.0. The highest BCUT2D eigenvalue weighted by Crippen LogP contribution is 2.21. The third kappa shape index (κ3) is 4.09. The minimum atomic E-state index is -3.83. The number of nitrogen functional groups attached to an aromatic ring is 1. The van der Waals surface area contributed by atoms with Crippen molar-refractivity contribution < 1.29 is 13.2 Å². The Morgan fingerprint density at radius 2 is 2.11 bits per heavy atom. The molecule has 6 nitrogen and oxygen atoms in total. The number of hydrogen-bond donors (Lipinski definition) is 2. The molecular formula is C11H16ClN3O3S. The summed E-state index contributed by atoms with van der Waals surface area (Å²) >= 11 is 5.70. The standard InChI is InChI=1S/C11H16ClN3O3S/c1-3-15(2)11(16)7-14-19(17,18)10-5-4-8(12)6-9(10)13/h4-6,14H,3,7,13H2,1-2H3. The predicted molar refractivity (Wildman–Crippen MR) is 74.4 cm³/mol. The van der Waals surface area contributed by atoms with Gasteiger partial charge in [0.1, 0.15) is 4.90 Å². The molecule has 3 N–H and O–H groups in total. The molecule has 0 heterocycles. The minimum Gasteiger partial charge on any atom is -0.398 e. The summed E-state index contributed by atoms with van der Waals surface area (Å²) in [7, 11) is -2.24. The van der Waals surface area contributed by atoms with Gasteiger partial charge in [0.05, 0.1) is 12.2 Å². The van der Waals surface area contributed by atoms with Crippen LogP contribution in [0.4, 0.5) is 5.69 Å². The van der Waals surface area contributed by atoms with Crippen LogP contribution in [0.1, 0.15) is 6.92 Å². The van der Waals surface area contributed by atoms with E-state index in [1.165, 1.54) is 23.1 Å². The minimum absolute atomic E-state index is 0.0382. The normalized spacial score (nSPS) is 11.3. The van der Waals surface area contributed by atoms with E-state index in [-0.39, 0.29) is 23.0 Å². The second-order valence-electron chi connectivity index (χ2n) is 3.91. The van der Waals surface area contributed by atoms with E-state index in [1.54, 1.807) is 14.0 Å². The molecule has 0 bridgehead atoms. The zero-order valence-electron chi connectivity index (χ0n) is 10.7. The number of rotatable bonds is 5. The van der Waals surface area contributed by atoms with E-state index < -0.39 is 10.0 Å². The molecule has 1 amide bonds. The van der Waals surface area contributed by atoms with E-state index in [0.29, 0.717) is 11.6 Å². The first kappa shape index (κ1) is 15.7. The van der Waals surface area contributed by atoms with Crippen LogP contribution in [-0.4, -0.2) is 39.4 Å². The van der Waals surface area contributed by atoms with Crippen LogP contribution in [-0.2, 0) is 14.8 Å². The highest BCUT2D eigenvalue weighted by molar-refractivity contribution is 7.89. The van der Waals surface area contributed by atoms with E-state index in [1.807, 2.05) is 0 Å².